The Morgan fingerprint density at radius 1 is 1.05 bits per heavy atom. The summed E-state index contributed by atoms with van der Waals surface area (Å²) in [5.41, 5.74) is 2.74. The van der Waals surface area contributed by atoms with E-state index in [-0.39, 0.29) is 11.7 Å². The number of pyridine rings is 1. The molecular weight excluding hydrogens is 282 g/mol. The summed E-state index contributed by atoms with van der Waals surface area (Å²) < 4.78 is 0. The standard InChI is InChI=1S/C17H18ClN3/c1-11(2)13-4-6-14(7-5-13)12(3)20-17-9-8-15(18)16(10-19)21-17/h4-9,11-12H,1-3H3,(H,20,21). The van der Waals surface area contributed by atoms with Crippen molar-refractivity contribution in [1.82, 2.24) is 4.98 Å². The highest BCUT2D eigenvalue weighted by Crippen LogP contribution is 2.22. The largest absolute Gasteiger partial charge is 0.364 e. The first kappa shape index (κ1) is 15.3. The highest BCUT2D eigenvalue weighted by Gasteiger charge is 2.09. The Morgan fingerprint density at radius 3 is 2.24 bits per heavy atom. The quantitative estimate of drug-likeness (QED) is 0.873. The maximum atomic E-state index is 8.95. The van der Waals surface area contributed by atoms with E-state index >= 15 is 0 Å². The van der Waals surface area contributed by atoms with Gasteiger partial charge in [0.15, 0.2) is 5.69 Å². The van der Waals surface area contributed by atoms with Crippen molar-refractivity contribution in [2.24, 2.45) is 0 Å². The first-order valence-electron chi connectivity index (χ1n) is 6.94. The fourth-order valence-electron chi connectivity index (χ4n) is 2.08. The number of rotatable bonds is 4. The molecule has 0 amide bonds. The number of nitrogens with one attached hydrogen (secondary N) is 1. The smallest absolute Gasteiger partial charge is 0.161 e. The maximum absolute atomic E-state index is 8.95. The van der Waals surface area contributed by atoms with E-state index in [1.54, 1.807) is 12.1 Å². The summed E-state index contributed by atoms with van der Waals surface area (Å²) in [6.45, 7) is 6.42. The van der Waals surface area contributed by atoms with Crippen LogP contribution in [0.5, 0.6) is 0 Å². The number of halogens is 1. The lowest BCUT2D eigenvalue weighted by Crippen LogP contribution is -2.08. The van der Waals surface area contributed by atoms with Gasteiger partial charge in [0, 0.05) is 6.04 Å². The van der Waals surface area contributed by atoms with Crippen LogP contribution in [-0.2, 0) is 0 Å². The molecule has 0 aliphatic heterocycles. The van der Waals surface area contributed by atoms with E-state index in [9.17, 15) is 0 Å². The average molecular weight is 300 g/mol. The highest BCUT2D eigenvalue weighted by atomic mass is 35.5. The molecule has 4 heteroatoms. The van der Waals surface area contributed by atoms with Gasteiger partial charge in [0.1, 0.15) is 11.9 Å². The van der Waals surface area contributed by atoms with Gasteiger partial charge in [0.2, 0.25) is 0 Å². The third kappa shape index (κ3) is 3.74. The molecule has 0 fully saturated rings. The van der Waals surface area contributed by atoms with Crippen molar-refractivity contribution in [2.45, 2.75) is 32.7 Å². The van der Waals surface area contributed by atoms with Gasteiger partial charge in [0.05, 0.1) is 5.02 Å². The fraction of sp³-hybridized carbons (Fsp3) is 0.294. The molecule has 0 spiro atoms. The van der Waals surface area contributed by atoms with E-state index in [0.717, 1.165) is 0 Å². The Labute approximate surface area is 130 Å². The van der Waals surface area contributed by atoms with Crippen LogP contribution in [0.3, 0.4) is 0 Å². The summed E-state index contributed by atoms with van der Waals surface area (Å²) in [7, 11) is 0. The van der Waals surface area contributed by atoms with Crippen molar-refractivity contribution in [2.75, 3.05) is 5.32 Å². The number of nitrogens with zero attached hydrogens (tertiary/aromatic N) is 2. The molecule has 2 aromatic rings. The van der Waals surface area contributed by atoms with Crippen LogP contribution in [0.15, 0.2) is 36.4 Å². The Hall–Kier alpha value is -2.05. The first-order valence-corrected chi connectivity index (χ1v) is 7.32. The zero-order valence-corrected chi connectivity index (χ0v) is 13.1. The van der Waals surface area contributed by atoms with Crippen LogP contribution in [0.1, 0.15) is 49.6 Å². The van der Waals surface area contributed by atoms with Crippen LogP contribution < -0.4 is 5.32 Å². The molecule has 0 radical (unpaired) electrons. The summed E-state index contributed by atoms with van der Waals surface area (Å²) in [6, 6.07) is 14.1. The molecule has 1 heterocycles. The van der Waals surface area contributed by atoms with Crippen LogP contribution in [0, 0.1) is 11.3 Å². The highest BCUT2D eigenvalue weighted by molar-refractivity contribution is 6.31. The van der Waals surface area contributed by atoms with Gasteiger partial charge in [-0.05, 0) is 36.1 Å². The molecule has 1 N–H and O–H groups in total. The van der Waals surface area contributed by atoms with Gasteiger partial charge >= 0.3 is 0 Å². The van der Waals surface area contributed by atoms with E-state index in [2.05, 4.69) is 55.3 Å². The van der Waals surface area contributed by atoms with Crippen LogP contribution in [0.4, 0.5) is 5.82 Å². The topological polar surface area (TPSA) is 48.7 Å². The van der Waals surface area contributed by atoms with Crippen molar-refractivity contribution in [1.29, 1.82) is 5.26 Å². The Kier molecular flexibility index (Phi) is 4.82. The predicted octanol–water partition coefficient (Wildman–Crippen LogP) is 4.90. The molecule has 1 atom stereocenters. The van der Waals surface area contributed by atoms with E-state index in [4.69, 9.17) is 16.9 Å². The molecule has 0 saturated carbocycles. The monoisotopic (exact) mass is 299 g/mol. The maximum Gasteiger partial charge on any atom is 0.161 e. The van der Waals surface area contributed by atoms with Crippen LogP contribution in [0.2, 0.25) is 5.02 Å². The third-order valence-electron chi connectivity index (χ3n) is 3.42. The predicted molar refractivity (Wildman–Crippen MR) is 86.5 cm³/mol. The third-order valence-corrected chi connectivity index (χ3v) is 3.72. The van der Waals surface area contributed by atoms with Gasteiger partial charge in [-0.1, -0.05) is 49.7 Å². The molecular formula is C17H18ClN3. The average Bonchev–Trinajstić information content (AvgIpc) is 2.49. The van der Waals surface area contributed by atoms with Crippen LogP contribution in [0.25, 0.3) is 0 Å². The lowest BCUT2D eigenvalue weighted by Gasteiger charge is -2.16. The van der Waals surface area contributed by atoms with Crippen LogP contribution >= 0.6 is 11.6 Å². The number of hydrogen-bond donors (Lipinski definition) is 1. The number of hydrogen-bond acceptors (Lipinski definition) is 3. The molecule has 0 aliphatic rings. The molecule has 21 heavy (non-hydrogen) atoms. The molecule has 3 nitrogen and oxygen atoms in total. The normalized spacial score (nSPS) is 12.0. The second-order valence-corrected chi connectivity index (χ2v) is 5.73. The lowest BCUT2D eigenvalue weighted by molar-refractivity contribution is 0.848. The van der Waals surface area contributed by atoms with Crippen molar-refractivity contribution >= 4 is 17.4 Å². The summed E-state index contributed by atoms with van der Waals surface area (Å²) in [4.78, 5) is 4.20. The molecule has 0 saturated heterocycles. The summed E-state index contributed by atoms with van der Waals surface area (Å²) >= 11 is 5.88. The number of benzene rings is 1. The number of aromatic nitrogens is 1. The van der Waals surface area contributed by atoms with Gasteiger partial charge in [-0.3, -0.25) is 0 Å². The van der Waals surface area contributed by atoms with Crippen molar-refractivity contribution < 1.29 is 0 Å². The minimum atomic E-state index is 0.103. The van der Waals surface area contributed by atoms with Crippen molar-refractivity contribution in [3.8, 4) is 6.07 Å². The Morgan fingerprint density at radius 2 is 1.67 bits per heavy atom. The summed E-state index contributed by atoms with van der Waals surface area (Å²) in [5.74, 6) is 1.18. The molecule has 1 unspecified atom stereocenters. The van der Waals surface area contributed by atoms with Gasteiger partial charge in [-0.15, -0.1) is 0 Å². The van der Waals surface area contributed by atoms with Gasteiger partial charge in [-0.2, -0.15) is 5.26 Å². The Bertz CT molecular complexity index is 657. The lowest BCUT2D eigenvalue weighted by atomic mass is 9.99. The SMILES string of the molecule is CC(C)c1ccc(C(C)Nc2ccc(Cl)c(C#N)n2)cc1. The number of nitriles is 1. The van der Waals surface area contributed by atoms with Gasteiger partial charge in [0.25, 0.3) is 0 Å². The summed E-state index contributed by atoms with van der Waals surface area (Å²) in [5, 5.41) is 12.6. The summed E-state index contributed by atoms with van der Waals surface area (Å²) in [6.07, 6.45) is 0. The molecule has 2 rings (SSSR count). The second kappa shape index (κ2) is 6.60. The van der Waals surface area contributed by atoms with E-state index in [1.807, 2.05) is 6.07 Å². The first-order chi connectivity index (χ1) is 10.0. The second-order valence-electron chi connectivity index (χ2n) is 5.33. The fourth-order valence-corrected chi connectivity index (χ4v) is 2.22. The minimum absolute atomic E-state index is 0.103. The van der Waals surface area contributed by atoms with Gasteiger partial charge in [-0.25, -0.2) is 4.98 Å². The molecule has 108 valence electrons. The van der Waals surface area contributed by atoms with Crippen molar-refractivity contribution in [3.63, 3.8) is 0 Å². The van der Waals surface area contributed by atoms with Crippen LogP contribution in [-0.4, -0.2) is 4.98 Å². The van der Waals surface area contributed by atoms with E-state index in [1.165, 1.54) is 11.1 Å². The van der Waals surface area contributed by atoms with E-state index in [0.29, 0.717) is 16.8 Å². The Balaban J connectivity index is 2.14. The van der Waals surface area contributed by atoms with Crippen molar-refractivity contribution in [3.05, 3.63) is 58.2 Å². The molecule has 0 aliphatic carbocycles. The molecule has 1 aromatic carbocycles. The zero-order valence-electron chi connectivity index (χ0n) is 12.4. The van der Waals surface area contributed by atoms with Gasteiger partial charge < -0.3 is 5.32 Å². The van der Waals surface area contributed by atoms with E-state index < -0.39 is 0 Å². The zero-order chi connectivity index (χ0) is 15.4. The molecule has 1 aromatic heterocycles. The minimum Gasteiger partial charge on any atom is -0.364 e. The number of anilines is 1. The molecule has 0 bridgehead atoms.